The average Bonchev–Trinajstić information content (AvgIpc) is 3.34. The molecule has 4 rings (SSSR count). The molecule has 0 aliphatic carbocycles. The maximum atomic E-state index is 13.7. The molecule has 0 saturated heterocycles. The zero-order valence-corrected chi connectivity index (χ0v) is 26.1. The van der Waals surface area contributed by atoms with Crippen molar-refractivity contribution < 1.29 is 8.63 Å². The van der Waals surface area contributed by atoms with Crippen molar-refractivity contribution >= 4 is 35.2 Å². The average molecular weight is 558 g/mol. The van der Waals surface area contributed by atoms with Crippen LogP contribution in [0.25, 0.3) is 5.57 Å². The Kier molecular flexibility index (Phi) is 8.97. The molecule has 0 unspecified atom stereocenters. The summed E-state index contributed by atoms with van der Waals surface area (Å²) < 4.78 is 22.7. The van der Waals surface area contributed by atoms with Crippen molar-refractivity contribution in [1.82, 2.24) is 4.31 Å². The molecule has 0 aromatic heterocycles. The van der Waals surface area contributed by atoms with Crippen LogP contribution >= 0.6 is 0 Å². The Balaban J connectivity index is 1.69. The lowest BCUT2D eigenvalue weighted by atomic mass is 9.94. The van der Waals surface area contributed by atoms with Crippen molar-refractivity contribution in [3.8, 4) is 0 Å². The first kappa shape index (κ1) is 29.4. The normalized spacial score (nSPS) is 17.6. The van der Waals surface area contributed by atoms with Gasteiger partial charge in [-0.15, -0.1) is 0 Å². The van der Waals surface area contributed by atoms with Crippen LogP contribution in [-0.2, 0) is 15.4 Å². The van der Waals surface area contributed by atoms with Crippen LogP contribution in [-0.4, -0.2) is 40.8 Å². The van der Waals surface area contributed by atoms with E-state index in [1.165, 1.54) is 10.4 Å². The van der Waals surface area contributed by atoms with Crippen molar-refractivity contribution in [1.29, 1.82) is 0 Å². The third kappa shape index (κ3) is 6.12. The smallest absolute Gasteiger partial charge is 0.261 e. The Bertz CT molecular complexity index is 1270. The molecule has 3 aromatic rings. The molecule has 0 spiro atoms. The largest absolute Gasteiger partial charge is 0.407 e. The number of hydrogen-bond donors (Lipinski definition) is 0. The van der Waals surface area contributed by atoms with Crippen LogP contribution in [0.4, 0.5) is 0 Å². The first-order valence-corrected chi connectivity index (χ1v) is 16.9. The first-order valence-electron chi connectivity index (χ1n) is 13.9. The Morgan fingerprint density at radius 3 is 1.82 bits per heavy atom. The highest BCUT2D eigenvalue weighted by molar-refractivity contribution is 7.84. The lowest BCUT2D eigenvalue weighted by molar-refractivity contribution is 0.262. The fourth-order valence-corrected chi connectivity index (χ4v) is 11.6. The van der Waals surface area contributed by atoms with Gasteiger partial charge >= 0.3 is 0 Å². The molecule has 0 bridgehead atoms. The zero-order chi connectivity index (χ0) is 28.3. The van der Waals surface area contributed by atoms with Crippen LogP contribution in [0.3, 0.4) is 0 Å². The van der Waals surface area contributed by atoms with Crippen LogP contribution in [0.1, 0.15) is 53.5 Å². The molecule has 5 heteroatoms. The van der Waals surface area contributed by atoms with E-state index in [9.17, 15) is 4.21 Å². The van der Waals surface area contributed by atoms with Crippen molar-refractivity contribution in [2.75, 3.05) is 13.2 Å². The van der Waals surface area contributed by atoms with Crippen molar-refractivity contribution in [3.05, 3.63) is 115 Å². The standard InChI is InChI=1S/C34H43NO2SSi/c1-27(28-17-11-8-12-18-28)31-23-25-35(38(36)33(2,3)4)32(31)24-26-37-39(34(5,6)7,29-19-13-9-14-20-29)30-21-15-10-16-22-30/h8-23,32H,1,24-26H2,2-7H3/t32-,38-/m1/s1. The van der Waals surface area contributed by atoms with Crippen molar-refractivity contribution in [3.63, 3.8) is 0 Å². The fourth-order valence-electron chi connectivity index (χ4n) is 5.66. The van der Waals surface area contributed by atoms with E-state index in [1.807, 2.05) is 39.0 Å². The van der Waals surface area contributed by atoms with Gasteiger partial charge in [-0.25, -0.2) is 8.51 Å². The summed E-state index contributed by atoms with van der Waals surface area (Å²) in [7, 11) is -3.81. The molecule has 1 aliphatic rings. The maximum Gasteiger partial charge on any atom is 0.261 e. The first-order chi connectivity index (χ1) is 18.5. The molecular weight excluding hydrogens is 515 g/mol. The molecule has 0 amide bonds. The summed E-state index contributed by atoms with van der Waals surface area (Å²) in [6.45, 7) is 18.7. The van der Waals surface area contributed by atoms with Gasteiger partial charge < -0.3 is 4.43 Å². The molecule has 0 N–H and O–H groups in total. The fraction of sp³-hybridized carbons (Fsp3) is 0.353. The van der Waals surface area contributed by atoms with E-state index in [4.69, 9.17) is 4.43 Å². The van der Waals surface area contributed by atoms with E-state index in [0.29, 0.717) is 13.2 Å². The van der Waals surface area contributed by atoms with Crippen LogP contribution in [0, 0.1) is 0 Å². The minimum absolute atomic E-state index is 0.0315. The lowest BCUT2D eigenvalue weighted by Gasteiger charge is -2.43. The monoisotopic (exact) mass is 557 g/mol. The molecule has 0 fully saturated rings. The number of benzene rings is 3. The van der Waals surface area contributed by atoms with E-state index in [0.717, 1.165) is 23.1 Å². The highest BCUT2D eigenvalue weighted by Crippen LogP contribution is 2.39. The summed E-state index contributed by atoms with van der Waals surface area (Å²) in [6.07, 6.45) is 2.95. The predicted molar refractivity (Wildman–Crippen MR) is 170 cm³/mol. The number of nitrogens with zero attached hydrogens (tertiary/aromatic N) is 1. The molecule has 206 valence electrons. The van der Waals surface area contributed by atoms with Gasteiger partial charge in [-0.1, -0.05) is 124 Å². The maximum absolute atomic E-state index is 13.7. The molecule has 2 atom stereocenters. The summed E-state index contributed by atoms with van der Waals surface area (Å²) >= 11 is 0. The molecule has 3 nitrogen and oxygen atoms in total. The third-order valence-corrected chi connectivity index (χ3v) is 14.5. The Hall–Kier alpha value is -2.57. The Morgan fingerprint density at radius 2 is 1.36 bits per heavy atom. The Labute approximate surface area is 239 Å². The minimum atomic E-state index is -2.66. The molecule has 0 radical (unpaired) electrons. The molecule has 1 heterocycles. The highest BCUT2D eigenvalue weighted by Gasteiger charge is 2.50. The number of hydrogen-bond acceptors (Lipinski definition) is 2. The van der Waals surface area contributed by atoms with Gasteiger partial charge in [-0.3, -0.25) is 0 Å². The van der Waals surface area contributed by atoms with Gasteiger partial charge in [0.1, 0.15) is 11.0 Å². The predicted octanol–water partition coefficient (Wildman–Crippen LogP) is 6.74. The molecular formula is C34H43NO2SSi. The quantitative estimate of drug-likeness (QED) is 0.273. The highest BCUT2D eigenvalue weighted by atomic mass is 32.2. The second-order valence-electron chi connectivity index (χ2n) is 12.3. The van der Waals surface area contributed by atoms with E-state index in [1.54, 1.807) is 0 Å². The molecule has 3 aromatic carbocycles. The molecule has 1 aliphatic heterocycles. The van der Waals surface area contributed by atoms with Gasteiger partial charge in [0.05, 0.1) is 10.8 Å². The minimum Gasteiger partial charge on any atom is -0.407 e. The van der Waals surface area contributed by atoms with E-state index >= 15 is 0 Å². The van der Waals surface area contributed by atoms with Crippen molar-refractivity contribution in [2.45, 2.75) is 63.8 Å². The van der Waals surface area contributed by atoms with Crippen LogP contribution < -0.4 is 10.4 Å². The van der Waals surface area contributed by atoms with Gasteiger partial charge in [0.2, 0.25) is 0 Å². The SMILES string of the molecule is C=C(C1=CCN([S@](=O)C(C)(C)C)[C@@H]1CCO[Si](c1ccccc1)(c1ccccc1)C(C)(C)C)c1ccccc1. The van der Waals surface area contributed by atoms with Crippen LogP contribution in [0.2, 0.25) is 5.04 Å². The second-order valence-corrected chi connectivity index (χ2v) is 18.8. The van der Waals surface area contributed by atoms with Gasteiger partial charge in [0, 0.05) is 13.2 Å². The van der Waals surface area contributed by atoms with Gasteiger partial charge in [-0.2, -0.15) is 0 Å². The lowest BCUT2D eigenvalue weighted by Crippen LogP contribution is -2.66. The third-order valence-electron chi connectivity index (χ3n) is 7.53. The van der Waals surface area contributed by atoms with E-state index < -0.39 is 19.3 Å². The second kappa shape index (κ2) is 11.9. The summed E-state index contributed by atoms with van der Waals surface area (Å²) in [5.74, 6) is 0. The van der Waals surface area contributed by atoms with Crippen LogP contribution in [0.15, 0.2) is 109 Å². The van der Waals surface area contributed by atoms with Crippen molar-refractivity contribution in [2.24, 2.45) is 0 Å². The topological polar surface area (TPSA) is 29.5 Å². The molecule has 39 heavy (non-hydrogen) atoms. The summed E-state index contributed by atoms with van der Waals surface area (Å²) in [4.78, 5) is 0. The summed E-state index contributed by atoms with van der Waals surface area (Å²) in [5.41, 5.74) is 3.26. The zero-order valence-electron chi connectivity index (χ0n) is 24.3. The van der Waals surface area contributed by atoms with E-state index in [2.05, 4.69) is 111 Å². The van der Waals surface area contributed by atoms with Gasteiger partial charge in [0.25, 0.3) is 8.32 Å². The summed E-state index contributed by atoms with van der Waals surface area (Å²) in [6, 6.07) is 31.8. The molecule has 0 saturated carbocycles. The van der Waals surface area contributed by atoms with Crippen LogP contribution in [0.5, 0.6) is 0 Å². The van der Waals surface area contributed by atoms with Gasteiger partial charge in [0.15, 0.2) is 0 Å². The van der Waals surface area contributed by atoms with E-state index in [-0.39, 0.29) is 15.8 Å². The Morgan fingerprint density at radius 1 is 0.872 bits per heavy atom. The summed E-state index contributed by atoms with van der Waals surface area (Å²) in [5, 5.41) is 2.45. The van der Waals surface area contributed by atoms with Gasteiger partial charge in [-0.05, 0) is 59.3 Å². The number of rotatable bonds is 9.